The summed E-state index contributed by atoms with van der Waals surface area (Å²) in [5.41, 5.74) is 0. The van der Waals surface area contributed by atoms with Crippen LogP contribution in [0.2, 0.25) is 0 Å². The highest BCUT2D eigenvalue weighted by atomic mass is 16.5. The second-order valence-electron chi connectivity index (χ2n) is 3.15. The number of hydrogen-bond acceptors (Lipinski definition) is 2. The molecule has 68 valence electrons. The van der Waals surface area contributed by atoms with Gasteiger partial charge < -0.3 is 4.74 Å². The van der Waals surface area contributed by atoms with Crippen LogP contribution in [0.25, 0.3) is 0 Å². The molecule has 12 heavy (non-hydrogen) atoms. The maximum Gasteiger partial charge on any atom is 0.308 e. The van der Waals surface area contributed by atoms with Gasteiger partial charge in [-0.15, -0.1) is 0 Å². The Hall–Kier alpha value is -0.790. The predicted octanol–water partition coefficient (Wildman–Crippen LogP) is 2.30. The van der Waals surface area contributed by atoms with Crippen LogP contribution < -0.4 is 0 Å². The summed E-state index contributed by atoms with van der Waals surface area (Å²) in [7, 11) is 0. The van der Waals surface area contributed by atoms with Crippen molar-refractivity contribution in [3.63, 3.8) is 0 Å². The lowest BCUT2D eigenvalue weighted by atomic mass is 9.96. The summed E-state index contributed by atoms with van der Waals surface area (Å²) in [5, 5.41) is 0. The van der Waals surface area contributed by atoms with Crippen LogP contribution in [0.4, 0.5) is 0 Å². The molecule has 0 amide bonds. The topological polar surface area (TPSA) is 26.3 Å². The fourth-order valence-corrected chi connectivity index (χ4v) is 1.46. The molecule has 1 fully saturated rings. The number of rotatable bonds is 3. The number of esters is 1. The Labute approximate surface area is 73.6 Å². The van der Waals surface area contributed by atoms with E-state index in [9.17, 15) is 4.79 Å². The van der Waals surface area contributed by atoms with E-state index in [0.29, 0.717) is 6.61 Å². The van der Waals surface area contributed by atoms with Crippen molar-refractivity contribution in [1.82, 2.24) is 0 Å². The van der Waals surface area contributed by atoms with Gasteiger partial charge in [0.25, 0.3) is 0 Å². The summed E-state index contributed by atoms with van der Waals surface area (Å²) < 4.78 is 4.96. The third-order valence-corrected chi connectivity index (χ3v) is 2.19. The highest BCUT2D eigenvalue weighted by molar-refractivity contribution is 5.72. The number of carbonyl (C=O) groups excluding carboxylic acids is 1. The van der Waals surface area contributed by atoms with Crippen LogP contribution in [0.1, 0.15) is 32.6 Å². The molecule has 0 saturated carbocycles. The van der Waals surface area contributed by atoms with Gasteiger partial charge in [-0.3, -0.25) is 4.79 Å². The minimum absolute atomic E-state index is 0.00533. The van der Waals surface area contributed by atoms with Gasteiger partial charge in [-0.05, 0) is 32.6 Å². The van der Waals surface area contributed by atoms with Crippen molar-refractivity contribution >= 4 is 5.97 Å². The molecule has 1 rings (SSSR count). The van der Waals surface area contributed by atoms with Crippen LogP contribution in [-0.2, 0) is 9.53 Å². The number of allylic oxidation sites excluding steroid dienone is 2. The van der Waals surface area contributed by atoms with Gasteiger partial charge in [-0.25, -0.2) is 0 Å². The molecule has 0 radical (unpaired) electrons. The molecule has 2 nitrogen and oxygen atoms in total. The SMILES string of the molecule is C/C=C/CCC1CCCOC1=O. The molecule has 0 spiro atoms. The summed E-state index contributed by atoms with van der Waals surface area (Å²) >= 11 is 0. The number of cyclic esters (lactones) is 1. The van der Waals surface area contributed by atoms with Gasteiger partial charge in [-0.2, -0.15) is 0 Å². The highest BCUT2D eigenvalue weighted by Crippen LogP contribution is 2.20. The van der Waals surface area contributed by atoms with E-state index in [-0.39, 0.29) is 11.9 Å². The van der Waals surface area contributed by atoms with E-state index in [2.05, 4.69) is 6.08 Å². The van der Waals surface area contributed by atoms with E-state index >= 15 is 0 Å². The molecular weight excluding hydrogens is 152 g/mol. The molecule has 0 bridgehead atoms. The van der Waals surface area contributed by atoms with Gasteiger partial charge in [0.05, 0.1) is 12.5 Å². The Morgan fingerprint density at radius 2 is 2.50 bits per heavy atom. The third kappa shape index (κ3) is 2.68. The first kappa shape index (κ1) is 9.30. The summed E-state index contributed by atoms with van der Waals surface area (Å²) in [4.78, 5) is 11.1. The van der Waals surface area contributed by atoms with Crippen molar-refractivity contribution in [3.8, 4) is 0 Å². The molecule has 1 atom stereocenters. The van der Waals surface area contributed by atoms with Crippen LogP contribution >= 0.6 is 0 Å². The smallest absolute Gasteiger partial charge is 0.308 e. The van der Waals surface area contributed by atoms with Crippen molar-refractivity contribution in [2.24, 2.45) is 5.92 Å². The van der Waals surface area contributed by atoms with Crippen LogP contribution in [0.3, 0.4) is 0 Å². The lowest BCUT2D eigenvalue weighted by molar-refractivity contribution is -0.153. The number of hydrogen-bond donors (Lipinski definition) is 0. The molecular formula is C10H16O2. The average molecular weight is 168 g/mol. The second kappa shape index (κ2) is 4.96. The molecule has 1 aliphatic heterocycles. The molecule has 0 aromatic carbocycles. The summed E-state index contributed by atoms with van der Waals surface area (Å²) in [6.07, 6.45) is 8.11. The van der Waals surface area contributed by atoms with E-state index in [0.717, 1.165) is 25.7 Å². The first-order valence-corrected chi connectivity index (χ1v) is 4.62. The molecule has 0 aliphatic carbocycles. The van der Waals surface area contributed by atoms with E-state index in [1.807, 2.05) is 13.0 Å². The largest absolute Gasteiger partial charge is 0.465 e. The van der Waals surface area contributed by atoms with E-state index < -0.39 is 0 Å². The van der Waals surface area contributed by atoms with Gasteiger partial charge in [0.1, 0.15) is 0 Å². The van der Waals surface area contributed by atoms with Crippen molar-refractivity contribution in [2.45, 2.75) is 32.6 Å². The molecule has 1 unspecified atom stereocenters. The Kier molecular flexibility index (Phi) is 3.85. The van der Waals surface area contributed by atoms with Gasteiger partial charge >= 0.3 is 5.97 Å². The lowest BCUT2D eigenvalue weighted by Gasteiger charge is -2.19. The third-order valence-electron chi connectivity index (χ3n) is 2.19. The van der Waals surface area contributed by atoms with Crippen molar-refractivity contribution in [2.75, 3.05) is 6.61 Å². The van der Waals surface area contributed by atoms with Crippen LogP contribution in [0, 0.1) is 5.92 Å². The Balaban J connectivity index is 2.24. The van der Waals surface area contributed by atoms with Crippen molar-refractivity contribution in [3.05, 3.63) is 12.2 Å². The van der Waals surface area contributed by atoms with Gasteiger partial charge in [0.2, 0.25) is 0 Å². The molecule has 1 aliphatic rings. The summed E-state index contributed by atoms with van der Waals surface area (Å²) in [5.74, 6) is 0.167. The summed E-state index contributed by atoms with van der Waals surface area (Å²) in [6.45, 7) is 2.62. The van der Waals surface area contributed by atoms with E-state index in [1.165, 1.54) is 0 Å². The van der Waals surface area contributed by atoms with Gasteiger partial charge in [-0.1, -0.05) is 12.2 Å². The molecule has 1 heterocycles. The quantitative estimate of drug-likeness (QED) is 0.477. The lowest BCUT2D eigenvalue weighted by Crippen LogP contribution is -2.23. The second-order valence-corrected chi connectivity index (χ2v) is 3.15. The zero-order chi connectivity index (χ0) is 8.81. The molecule has 2 heteroatoms. The highest BCUT2D eigenvalue weighted by Gasteiger charge is 2.22. The number of carbonyl (C=O) groups is 1. The maximum atomic E-state index is 11.1. The zero-order valence-corrected chi connectivity index (χ0v) is 7.58. The van der Waals surface area contributed by atoms with Crippen LogP contribution in [0.15, 0.2) is 12.2 Å². The van der Waals surface area contributed by atoms with Crippen molar-refractivity contribution < 1.29 is 9.53 Å². The Morgan fingerprint density at radius 1 is 1.67 bits per heavy atom. The van der Waals surface area contributed by atoms with E-state index in [4.69, 9.17) is 4.74 Å². The van der Waals surface area contributed by atoms with Crippen LogP contribution in [0.5, 0.6) is 0 Å². The fourth-order valence-electron chi connectivity index (χ4n) is 1.46. The minimum Gasteiger partial charge on any atom is -0.465 e. The Bertz CT molecular complexity index is 173. The zero-order valence-electron chi connectivity index (χ0n) is 7.58. The first-order valence-electron chi connectivity index (χ1n) is 4.62. The van der Waals surface area contributed by atoms with E-state index in [1.54, 1.807) is 0 Å². The summed E-state index contributed by atoms with van der Waals surface area (Å²) in [6, 6.07) is 0. The fraction of sp³-hybridized carbons (Fsp3) is 0.700. The monoisotopic (exact) mass is 168 g/mol. The Morgan fingerprint density at radius 3 is 3.17 bits per heavy atom. The molecule has 1 saturated heterocycles. The van der Waals surface area contributed by atoms with Gasteiger partial charge in [0.15, 0.2) is 0 Å². The normalized spacial score (nSPS) is 24.4. The standard InChI is InChI=1S/C10H16O2/c1-2-3-4-6-9-7-5-8-12-10(9)11/h2-3,9H,4-8H2,1H3/b3-2+. The number of ether oxygens (including phenoxy) is 1. The van der Waals surface area contributed by atoms with Crippen LogP contribution in [-0.4, -0.2) is 12.6 Å². The first-order chi connectivity index (χ1) is 5.84. The van der Waals surface area contributed by atoms with Crippen molar-refractivity contribution in [1.29, 1.82) is 0 Å². The average Bonchev–Trinajstić information content (AvgIpc) is 2.09. The molecule has 0 aromatic rings. The molecule has 0 N–H and O–H groups in total. The minimum atomic E-state index is 0.00533. The predicted molar refractivity (Wildman–Crippen MR) is 47.7 cm³/mol. The molecule has 0 aromatic heterocycles. The maximum absolute atomic E-state index is 11.1. The van der Waals surface area contributed by atoms with Gasteiger partial charge in [0, 0.05) is 0 Å².